The van der Waals surface area contributed by atoms with Crippen molar-refractivity contribution < 1.29 is 14.4 Å². The lowest BCUT2D eigenvalue weighted by atomic mass is 10.1. The summed E-state index contributed by atoms with van der Waals surface area (Å²) in [7, 11) is 0. The van der Waals surface area contributed by atoms with Crippen molar-refractivity contribution >= 4 is 46.2 Å². The number of carbonyl (C=O) groups excluding carboxylic acids is 3. The minimum atomic E-state index is -0.780. The molecule has 2 N–H and O–H groups in total. The van der Waals surface area contributed by atoms with E-state index in [9.17, 15) is 14.4 Å². The molecule has 1 heterocycles. The molecular formula is C21H17ClN2O3S. The number of anilines is 1. The van der Waals surface area contributed by atoms with E-state index >= 15 is 0 Å². The highest BCUT2D eigenvalue weighted by Gasteiger charge is 2.16. The highest BCUT2D eigenvalue weighted by molar-refractivity contribution is 7.14. The van der Waals surface area contributed by atoms with Crippen LogP contribution >= 0.6 is 22.9 Å². The summed E-state index contributed by atoms with van der Waals surface area (Å²) in [6.45, 7) is 2.01. The number of hydrogen-bond donors (Lipinski definition) is 2. The van der Waals surface area contributed by atoms with Gasteiger partial charge in [0.15, 0.2) is 0 Å². The van der Waals surface area contributed by atoms with Crippen LogP contribution in [0.5, 0.6) is 0 Å². The standard InChI is InChI=1S/C21H17ClN2O3S/c1-13-7-8-15(11-17(13)22)24-21(27)20(26)23-12-16-9-10-18(28-16)19(25)14-5-3-2-4-6-14/h2-11H,12H2,1H3,(H,23,26)(H,24,27). The van der Waals surface area contributed by atoms with Crippen molar-refractivity contribution in [3.63, 3.8) is 0 Å². The van der Waals surface area contributed by atoms with Gasteiger partial charge in [0, 0.05) is 21.2 Å². The predicted molar refractivity (Wildman–Crippen MR) is 111 cm³/mol. The molecule has 7 heteroatoms. The van der Waals surface area contributed by atoms with Crippen LogP contribution in [-0.4, -0.2) is 17.6 Å². The average molecular weight is 413 g/mol. The molecule has 142 valence electrons. The van der Waals surface area contributed by atoms with Crippen LogP contribution in [-0.2, 0) is 16.1 Å². The van der Waals surface area contributed by atoms with Gasteiger partial charge in [0.2, 0.25) is 5.78 Å². The number of carbonyl (C=O) groups is 3. The van der Waals surface area contributed by atoms with Crippen LogP contribution in [0.4, 0.5) is 5.69 Å². The summed E-state index contributed by atoms with van der Waals surface area (Å²) < 4.78 is 0. The molecule has 0 unspecified atom stereocenters. The van der Waals surface area contributed by atoms with Crippen LogP contribution in [0.3, 0.4) is 0 Å². The average Bonchev–Trinajstić information content (AvgIpc) is 3.18. The number of benzene rings is 2. The summed E-state index contributed by atoms with van der Waals surface area (Å²) in [6.07, 6.45) is 0. The molecule has 28 heavy (non-hydrogen) atoms. The lowest BCUT2D eigenvalue weighted by molar-refractivity contribution is -0.136. The van der Waals surface area contributed by atoms with E-state index in [1.54, 1.807) is 42.5 Å². The molecule has 0 bridgehead atoms. The quantitative estimate of drug-likeness (QED) is 0.487. The first-order valence-corrected chi connectivity index (χ1v) is 9.67. The summed E-state index contributed by atoms with van der Waals surface area (Å²) >= 11 is 7.30. The molecule has 0 radical (unpaired) electrons. The van der Waals surface area contributed by atoms with Crippen LogP contribution in [0.25, 0.3) is 0 Å². The van der Waals surface area contributed by atoms with Crippen LogP contribution in [0, 0.1) is 6.92 Å². The van der Waals surface area contributed by atoms with E-state index < -0.39 is 11.8 Å². The van der Waals surface area contributed by atoms with Crippen molar-refractivity contribution in [2.45, 2.75) is 13.5 Å². The lowest BCUT2D eigenvalue weighted by Crippen LogP contribution is -2.34. The third-order valence-electron chi connectivity index (χ3n) is 3.98. The van der Waals surface area contributed by atoms with Gasteiger partial charge in [-0.25, -0.2) is 0 Å². The molecule has 5 nitrogen and oxygen atoms in total. The molecule has 0 aliphatic carbocycles. The van der Waals surface area contributed by atoms with E-state index in [4.69, 9.17) is 11.6 Å². The van der Waals surface area contributed by atoms with Gasteiger partial charge in [0.25, 0.3) is 0 Å². The van der Waals surface area contributed by atoms with Crippen molar-refractivity contribution in [2.75, 3.05) is 5.32 Å². The highest BCUT2D eigenvalue weighted by Crippen LogP contribution is 2.21. The first-order chi connectivity index (χ1) is 13.4. The zero-order chi connectivity index (χ0) is 20.1. The molecule has 0 aliphatic heterocycles. The smallest absolute Gasteiger partial charge is 0.313 e. The summed E-state index contributed by atoms with van der Waals surface area (Å²) in [4.78, 5) is 37.8. The Hall–Kier alpha value is -2.96. The maximum absolute atomic E-state index is 12.4. The number of aryl methyl sites for hydroxylation is 1. The number of nitrogens with one attached hydrogen (secondary N) is 2. The first kappa shape index (κ1) is 19.8. The molecule has 0 saturated heterocycles. The summed E-state index contributed by atoms with van der Waals surface area (Å²) in [5.74, 6) is -1.62. The summed E-state index contributed by atoms with van der Waals surface area (Å²) in [6, 6.07) is 17.5. The fourth-order valence-electron chi connectivity index (χ4n) is 2.43. The minimum Gasteiger partial charge on any atom is -0.343 e. The molecule has 0 fully saturated rings. The van der Waals surface area contributed by atoms with E-state index in [2.05, 4.69) is 10.6 Å². The monoisotopic (exact) mass is 412 g/mol. The number of amides is 2. The van der Waals surface area contributed by atoms with E-state index in [0.717, 1.165) is 10.4 Å². The van der Waals surface area contributed by atoms with Crippen LogP contribution in [0.2, 0.25) is 5.02 Å². The Morgan fingerprint density at radius 3 is 2.43 bits per heavy atom. The maximum atomic E-state index is 12.4. The third-order valence-corrected chi connectivity index (χ3v) is 5.47. The van der Waals surface area contributed by atoms with E-state index in [-0.39, 0.29) is 12.3 Å². The largest absolute Gasteiger partial charge is 0.343 e. The van der Waals surface area contributed by atoms with E-state index in [0.29, 0.717) is 21.2 Å². The number of hydrogen-bond acceptors (Lipinski definition) is 4. The molecular weight excluding hydrogens is 396 g/mol. The number of rotatable bonds is 5. The molecule has 0 saturated carbocycles. The SMILES string of the molecule is Cc1ccc(NC(=O)C(=O)NCc2ccc(C(=O)c3ccccc3)s2)cc1Cl. The fraction of sp³-hybridized carbons (Fsp3) is 0.0952. The zero-order valence-electron chi connectivity index (χ0n) is 15.0. The zero-order valence-corrected chi connectivity index (χ0v) is 16.6. The van der Waals surface area contributed by atoms with Crippen LogP contribution in [0.1, 0.15) is 25.7 Å². The number of thiophene rings is 1. The molecule has 0 atom stereocenters. The second-order valence-corrected chi connectivity index (χ2v) is 7.64. The highest BCUT2D eigenvalue weighted by atomic mass is 35.5. The predicted octanol–water partition coefficient (Wildman–Crippen LogP) is 4.20. The molecule has 3 rings (SSSR count). The molecule has 2 amide bonds. The Bertz CT molecular complexity index is 1030. The summed E-state index contributed by atoms with van der Waals surface area (Å²) in [5, 5.41) is 5.56. The van der Waals surface area contributed by atoms with Gasteiger partial charge in [-0.3, -0.25) is 14.4 Å². The van der Waals surface area contributed by atoms with Crippen LogP contribution < -0.4 is 10.6 Å². The van der Waals surface area contributed by atoms with Gasteiger partial charge in [-0.15, -0.1) is 11.3 Å². The van der Waals surface area contributed by atoms with Crippen molar-refractivity contribution in [2.24, 2.45) is 0 Å². The number of ketones is 1. The van der Waals surface area contributed by atoms with Crippen molar-refractivity contribution in [1.29, 1.82) is 0 Å². The Labute approximate surface area is 171 Å². The summed E-state index contributed by atoms with van der Waals surface area (Å²) in [5.41, 5.74) is 1.93. The second-order valence-electron chi connectivity index (χ2n) is 6.06. The molecule has 2 aromatic carbocycles. The molecule has 1 aromatic heterocycles. The van der Waals surface area contributed by atoms with Crippen molar-refractivity contribution in [1.82, 2.24) is 5.32 Å². The molecule has 3 aromatic rings. The van der Waals surface area contributed by atoms with E-state index in [1.807, 2.05) is 25.1 Å². The van der Waals surface area contributed by atoms with Gasteiger partial charge >= 0.3 is 11.8 Å². The normalized spacial score (nSPS) is 10.4. The Morgan fingerprint density at radius 1 is 0.964 bits per heavy atom. The third kappa shape index (κ3) is 4.85. The number of halogens is 1. The maximum Gasteiger partial charge on any atom is 0.313 e. The lowest BCUT2D eigenvalue weighted by Gasteiger charge is -2.07. The topological polar surface area (TPSA) is 75.3 Å². The Kier molecular flexibility index (Phi) is 6.23. The molecule has 0 aliphatic rings. The minimum absolute atomic E-state index is 0.0721. The van der Waals surface area contributed by atoms with Gasteiger partial charge in [-0.1, -0.05) is 48.0 Å². The van der Waals surface area contributed by atoms with E-state index in [1.165, 1.54) is 11.3 Å². The van der Waals surface area contributed by atoms with Crippen molar-refractivity contribution in [3.8, 4) is 0 Å². The van der Waals surface area contributed by atoms with Gasteiger partial charge in [0.1, 0.15) is 0 Å². The van der Waals surface area contributed by atoms with Gasteiger partial charge in [-0.2, -0.15) is 0 Å². The Morgan fingerprint density at radius 2 is 1.71 bits per heavy atom. The van der Waals surface area contributed by atoms with Gasteiger partial charge in [0.05, 0.1) is 11.4 Å². The molecule has 0 spiro atoms. The van der Waals surface area contributed by atoms with Gasteiger partial charge in [-0.05, 0) is 36.8 Å². The van der Waals surface area contributed by atoms with Crippen molar-refractivity contribution in [3.05, 3.63) is 86.6 Å². The first-order valence-electron chi connectivity index (χ1n) is 8.48. The van der Waals surface area contributed by atoms with Crippen LogP contribution in [0.15, 0.2) is 60.7 Å². The van der Waals surface area contributed by atoms with Gasteiger partial charge < -0.3 is 10.6 Å². The Balaban J connectivity index is 1.56. The second kappa shape index (κ2) is 8.82. The fourth-order valence-corrected chi connectivity index (χ4v) is 3.52.